The maximum Gasteiger partial charge on any atom is 0.247 e. The summed E-state index contributed by atoms with van der Waals surface area (Å²) in [4.78, 5) is 27.9. The highest BCUT2D eigenvalue weighted by Crippen LogP contribution is 2.30. The highest BCUT2D eigenvalue weighted by atomic mass is 16.5. The van der Waals surface area contributed by atoms with Crippen LogP contribution in [0.3, 0.4) is 0 Å². The smallest absolute Gasteiger partial charge is 0.247 e. The van der Waals surface area contributed by atoms with Gasteiger partial charge in [-0.05, 0) is 30.7 Å². The number of methoxy groups -OCH3 is 1. The van der Waals surface area contributed by atoms with E-state index < -0.39 is 6.04 Å². The number of pyridine rings is 1. The van der Waals surface area contributed by atoms with Gasteiger partial charge in [0.2, 0.25) is 18.2 Å². The van der Waals surface area contributed by atoms with E-state index in [1.807, 2.05) is 12.1 Å². The molecule has 2 N–H and O–H groups in total. The first-order valence-corrected chi connectivity index (χ1v) is 9.61. The average Bonchev–Trinajstić information content (AvgIpc) is 3.14. The van der Waals surface area contributed by atoms with Crippen molar-refractivity contribution in [2.24, 2.45) is 11.8 Å². The fourth-order valence-electron chi connectivity index (χ4n) is 3.76. The number of aromatic nitrogens is 3. The van der Waals surface area contributed by atoms with Gasteiger partial charge in [-0.3, -0.25) is 14.3 Å². The van der Waals surface area contributed by atoms with Crippen molar-refractivity contribution in [1.29, 1.82) is 0 Å². The summed E-state index contributed by atoms with van der Waals surface area (Å²) in [7, 11) is 1.58. The van der Waals surface area contributed by atoms with E-state index in [0.29, 0.717) is 30.4 Å². The van der Waals surface area contributed by atoms with Crippen molar-refractivity contribution in [3.63, 3.8) is 0 Å². The Balaban J connectivity index is 1.64. The maximum atomic E-state index is 12.8. The van der Waals surface area contributed by atoms with Gasteiger partial charge in [0.05, 0.1) is 25.5 Å². The fourth-order valence-corrected chi connectivity index (χ4v) is 3.76. The number of anilines is 1. The zero-order valence-electron chi connectivity index (χ0n) is 16.3. The highest BCUT2D eigenvalue weighted by molar-refractivity contribution is 5.95. The van der Waals surface area contributed by atoms with Crippen molar-refractivity contribution in [1.82, 2.24) is 20.1 Å². The van der Waals surface area contributed by atoms with Crippen molar-refractivity contribution in [3.05, 3.63) is 36.3 Å². The molecule has 2 amide bonds. The first-order chi connectivity index (χ1) is 13.6. The van der Waals surface area contributed by atoms with E-state index in [1.54, 1.807) is 30.4 Å². The Kier molecular flexibility index (Phi) is 6.62. The average molecular weight is 385 g/mol. The van der Waals surface area contributed by atoms with Gasteiger partial charge in [0.1, 0.15) is 6.04 Å². The van der Waals surface area contributed by atoms with Crippen molar-refractivity contribution in [2.45, 2.75) is 45.2 Å². The lowest BCUT2D eigenvalue weighted by Crippen LogP contribution is -2.46. The normalized spacial score (nSPS) is 20.2. The van der Waals surface area contributed by atoms with Crippen LogP contribution in [0, 0.1) is 11.8 Å². The Morgan fingerprint density at radius 3 is 2.89 bits per heavy atom. The lowest BCUT2D eigenvalue weighted by atomic mass is 9.79. The first kappa shape index (κ1) is 19.9. The molecule has 1 saturated carbocycles. The number of hydrogen-bond donors (Lipinski definition) is 2. The van der Waals surface area contributed by atoms with Crippen LogP contribution in [0.15, 0.2) is 30.7 Å². The molecule has 1 atom stereocenters. The lowest BCUT2D eigenvalue weighted by molar-refractivity contribution is -0.122. The molecule has 0 bridgehead atoms. The molecule has 150 valence electrons. The highest BCUT2D eigenvalue weighted by Gasteiger charge is 2.31. The number of ether oxygens (including phenoxy) is 1. The summed E-state index contributed by atoms with van der Waals surface area (Å²) in [6, 6.07) is 3.23. The molecule has 1 unspecified atom stereocenters. The van der Waals surface area contributed by atoms with Crippen molar-refractivity contribution < 1.29 is 14.3 Å². The topological polar surface area (TPSA) is 98.1 Å². The number of nitrogens with one attached hydrogen (secondary N) is 2. The van der Waals surface area contributed by atoms with Crippen LogP contribution in [0.2, 0.25) is 0 Å². The van der Waals surface area contributed by atoms with Gasteiger partial charge < -0.3 is 15.4 Å². The Morgan fingerprint density at radius 2 is 2.18 bits per heavy atom. The van der Waals surface area contributed by atoms with Crippen LogP contribution in [0.25, 0.3) is 0 Å². The lowest BCUT2D eigenvalue weighted by Gasteiger charge is -2.31. The van der Waals surface area contributed by atoms with Gasteiger partial charge in [-0.25, -0.2) is 4.98 Å². The minimum Gasteiger partial charge on any atom is -0.481 e. The molecule has 28 heavy (non-hydrogen) atoms. The molecule has 8 nitrogen and oxygen atoms in total. The SMILES string of the molecule is COc1ncccc1Cn1cc(NC(=O)C(NC=O)C2CCC(C)CC2)cn1. The van der Waals surface area contributed by atoms with Crippen LogP contribution in [-0.4, -0.2) is 40.2 Å². The summed E-state index contributed by atoms with van der Waals surface area (Å²) >= 11 is 0. The third-order valence-electron chi connectivity index (χ3n) is 5.34. The first-order valence-electron chi connectivity index (χ1n) is 9.61. The van der Waals surface area contributed by atoms with Gasteiger partial charge in [-0.2, -0.15) is 5.10 Å². The largest absolute Gasteiger partial charge is 0.481 e. The second-order valence-corrected chi connectivity index (χ2v) is 7.37. The molecule has 0 aromatic carbocycles. The second kappa shape index (κ2) is 9.34. The monoisotopic (exact) mass is 385 g/mol. The van der Waals surface area contributed by atoms with Crippen molar-refractivity contribution >= 4 is 18.0 Å². The summed E-state index contributed by atoms with van der Waals surface area (Å²) in [6.07, 6.45) is 9.69. The summed E-state index contributed by atoms with van der Waals surface area (Å²) in [5.74, 6) is 1.19. The van der Waals surface area contributed by atoms with Crippen LogP contribution < -0.4 is 15.4 Å². The van der Waals surface area contributed by atoms with Crippen LogP contribution >= 0.6 is 0 Å². The van der Waals surface area contributed by atoms with E-state index in [0.717, 1.165) is 31.2 Å². The molecule has 1 aliphatic rings. The number of hydrogen-bond acceptors (Lipinski definition) is 5. The van der Waals surface area contributed by atoms with Gasteiger partial charge in [0.25, 0.3) is 0 Å². The molecule has 2 aromatic rings. The van der Waals surface area contributed by atoms with Crippen molar-refractivity contribution in [3.8, 4) is 5.88 Å². The molecular weight excluding hydrogens is 358 g/mol. The van der Waals surface area contributed by atoms with E-state index in [-0.39, 0.29) is 11.8 Å². The molecular formula is C20H27N5O3. The van der Waals surface area contributed by atoms with Gasteiger partial charge in [-0.15, -0.1) is 0 Å². The summed E-state index contributed by atoms with van der Waals surface area (Å²) in [5, 5.41) is 9.88. The number of carbonyl (C=O) groups excluding carboxylic acids is 2. The molecule has 1 aliphatic carbocycles. The van der Waals surface area contributed by atoms with Crippen LogP contribution in [0.1, 0.15) is 38.2 Å². The summed E-state index contributed by atoms with van der Waals surface area (Å²) in [5.41, 5.74) is 1.48. The number of amides is 2. The Hall–Kier alpha value is -2.90. The standard InChI is InChI=1S/C20H27N5O3/c1-14-5-7-15(8-6-14)18(22-13-26)19(27)24-17-10-23-25(12-17)11-16-4-3-9-21-20(16)28-2/h3-4,9-10,12-15,18H,5-8,11H2,1-2H3,(H,22,26)(H,24,27). The van der Waals surface area contributed by atoms with Gasteiger partial charge >= 0.3 is 0 Å². The zero-order chi connectivity index (χ0) is 19.9. The van der Waals surface area contributed by atoms with E-state index in [2.05, 4.69) is 27.6 Å². The number of carbonyl (C=O) groups is 2. The van der Waals surface area contributed by atoms with Crippen LogP contribution in [-0.2, 0) is 16.1 Å². The number of rotatable bonds is 8. The van der Waals surface area contributed by atoms with Crippen LogP contribution in [0.5, 0.6) is 5.88 Å². The quantitative estimate of drug-likeness (QED) is 0.679. The predicted octanol–water partition coefficient (Wildman–Crippen LogP) is 2.21. The number of nitrogens with zero attached hydrogens (tertiary/aromatic N) is 3. The summed E-state index contributed by atoms with van der Waals surface area (Å²) in [6.45, 7) is 2.70. The maximum absolute atomic E-state index is 12.8. The molecule has 0 radical (unpaired) electrons. The Bertz CT molecular complexity index is 799. The molecule has 2 aromatic heterocycles. The van der Waals surface area contributed by atoms with E-state index in [1.165, 1.54) is 0 Å². The van der Waals surface area contributed by atoms with Crippen molar-refractivity contribution in [2.75, 3.05) is 12.4 Å². The molecule has 3 rings (SSSR count). The molecule has 8 heteroatoms. The zero-order valence-corrected chi connectivity index (χ0v) is 16.3. The molecule has 0 aliphatic heterocycles. The minimum atomic E-state index is -0.522. The Morgan fingerprint density at radius 1 is 1.39 bits per heavy atom. The molecule has 2 heterocycles. The molecule has 0 saturated heterocycles. The summed E-state index contributed by atoms with van der Waals surface area (Å²) < 4.78 is 6.97. The molecule has 1 fully saturated rings. The van der Waals surface area contributed by atoms with Gasteiger partial charge in [-0.1, -0.05) is 25.8 Å². The fraction of sp³-hybridized carbons (Fsp3) is 0.500. The van der Waals surface area contributed by atoms with E-state index in [4.69, 9.17) is 4.74 Å². The minimum absolute atomic E-state index is 0.163. The Labute approximate surface area is 164 Å². The van der Waals surface area contributed by atoms with Gasteiger partial charge in [0, 0.05) is 18.0 Å². The predicted molar refractivity (Wildman–Crippen MR) is 105 cm³/mol. The van der Waals surface area contributed by atoms with E-state index >= 15 is 0 Å². The van der Waals surface area contributed by atoms with Crippen LogP contribution in [0.4, 0.5) is 5.69 Å². The molecule has 0 spiro atoms. The third-order valence-corrected chi connectivity index (χ3v) is 5.34. The van der Waals surface area contributed by atoms with E-state index in [9.17, 15) is 9.59 Å². The third kappa shape index (κ3) is 4.88. The second-order valence-electron chi connectivity index (χ2n) is 7.37. The van der Waals surface area contributed by atoms with Gasteiger partial charge in [0.15, 0.2) is 0 Å².